The molecule has 16 heavy (non-hydrogen) atoms. The molecule has 3 nitrogen and oxygen atoms in total. The number of ether oxygens (including phenoxy) is 2. The molecule has 0 amide bonds. The van der Waals surface area contributed by atoms with Crippen LogP contribution in [0.4, 0.5) is 0 Å². The summed E-state index contributed by atoms with van der Waals surface area (Å²) >= 11 is 3.54. The number of hydrogen-bond acceptors (Lipinski definition) is 3. The van der Waals surface area contributed by atoms with Gasteiger partial charge in [0.1, 0.15) is 0 Å². The SMILES string of the molecule is CNCCc1c(C)c(Br)cc(OC)c1OC. The maximum atomic E-state index is 5.43. The van der Waals surface area contributed by atoms with E-state index >= 15 is 0 Å². The third-order valence-electron chi connectivity index (χ3n) is 2.62. The van der Waals surface area contributed by atoms with Crippen LogP contribution in [0.1, 0.15) is 11.1 Å². The Hall–Kier alpha value is -0.740. The van der Waals surface area contributed by atoms with Crippen LogP contribution in [0.3, 0.4) is 0 Å². The standard InChI is InChI=1S/C12H18BrNO2/c1-8-9(5-6-14-2)12(16-4)11(15-3)7-10(8)13/h7,14H,5-6H2,1-4H3. The largest absolute Gasteiger partial charge is 0.493 e. The molecule has 0 saturated carbocycles. The van der Waals surface area contributed by atoms with Crippen molar-refractivity contribution in [1.29, 1.82) is 0 Å². The molecule has 0 bridgehead atoms. The Morgan fingerprint density at radius 2 is 2.00 bits per heavy atom. The van der Waals surface area contributed by atoms with Crippen LogP contribution < -0.4 is 14.8 Å². The fourth-order valence-electron chi connectivity index (χ4n) is 1.68. The summed E-state index contributed by atoms with van der Waals surface area (Å²) in [5.41, 5.74) is 2.39. The lowest BCUT2D eigenvalue weighted by molar-refractivity contribution is 0.351. The highest BCUT2D eigenvalue weighted by molar-refractivity contribution is 9.10. The molecule has 0 spiro atoms. The topological polar surface area (TPSA) is 30.5 Å². The highest BCUT2D eigenvalue weighted by Crippen LogP contribution is 2.37. The minimum Gasteiger partial charge on any atom is -0.493 e. The first-order chi connectivity index (χ1) is 7.65. The van der Waals surface area contributed by atoms with Gasteiger partial charge in [-0.15, -0.1) is 0 Å². The van der Waals surface area contributed by atoms with Gasteiger partial charge in [-0.25, -0.2) is 0 Å². The van der Waals surface area contributed by atoms with Gasteiger partial charge in [-0.1, -0.05) is 15.9 Å². The van der Waals surface area contributed by atoms with Crippen molar-refractivity contribution in [2.45, 2.75) is 13.3 Å². The molecule has 0 radical (unpaired) electrons. The minimum absolute atomic E-state index is 0.770. The molecule has 0 saturated heterocycles. The minimum atomic E-state index is 0.770. The first-order valence-electron chi connectivity index (χ1n) is 5.20. The van der Waals surface area contributed by atoms with Gasteiger partial charge in [-0.3, -0.25) is 0 Å². The summed E-state index contributed by atoms with van der Waals surface area (Å²) in [6.07, 6.45) is 0.918. The molecular weight excluding hydrogens is 270 g/mol. The van der Waals surface area contributed by atoms with Gasteiger partial charge >= 0.3 is 0 Å². The molecule has 0 unspecified atom stereocenters. The Kier molecular flexibility index (Phi) is 5.09. The van der Waals surface area contributed by atoms with Crippen LogP contribution >= 0.6 is 15.9 Å². The van der Waals surface area contributed by atoms with Crippen LogP contribution in [0.15, 0.2) is 10.5 Å². The van der Waals surface area contributed by atoms with E-state index in [9.17, 15) is 0 Å². The Labute approximate surface area is 105 Å². The summed E-state index contributed by atoms with van der Waals surface area (Å²) in [7, 11) is 5.27. The molecule has 90 valence electrons. The van der Waals surface area contributed by atoms with Crippen LogP contribution in [-0.4, -0.2) is 27.8 Å². The monoisotopic (exact) mass is 287 g/mol. The van der Waals surface area contributed by atoms with E-state index in [0.717, 1.165) is 28.9 Å². The van der Waals surface area contributed by atoms with E-state index in [1.165, 1.54) is 11.1 Å². The van der Waals surface area contributed by atoms with E-state index in [0.29, 0.717) is 0 Å². The second-order valence-corrected chi connectivity index (χ2v) is 4.41. The van der Waals surface area contributed by atoms with Crippen molar-refractivity contribution in [3.63, 3.8) is 0 Å². The van der Waals surface area contributed by atoms with Gasteiger partial charge in [0.2, 0.25) is 0 Å². The van der Waals surface area contributed by atoms with Crippen molar-refractivity contribution >= 4 is 15.9 Å². The third-order valence-corrected chi connectivity index (χ3v) is 3.44. The van der Waals surface area contributed by atoms with Gasteiger partial charge < -0.3 is 14.8 Å². The molecule has 0 aromatic heterocycles. The smallest absolute Gasteiger partial charge is 0.164 e. The molecule has 4 heteroatoms. The summed E-state index contributed by atoms with van der Waals surface area (Å²) in [4.78, 5) is 0. The Morgan fingerprint density at radius 3 is 2.50 bits per heavy atom. The van der Waals surface area contributed by atoms with Crippen molar-refractivity contribution < 1.29 is 9.47 Å². The number of halogens is 1. The highest BCUT2D eigenvalue weighted by atomic mass is 79.9. The number of likely N-dealkylation sites (N-methyl/N-ethyl adjacent to an activating group) is 1. The van der Waals surface area contributed by atoms with Crippen molar-refractivity contribution in [1.82, 2.24) is 5.32 Å². The summed E-state index contributed by atoms with van der Waals surface area (Å²) in [6, 6.07) is 1.94. The summed E-state index contributed by atoms with van der Waals surface area (Å²) in [5.74, 6) is 1.60. The van der Waals surface area contributed by atoms with E-state index in [1.54, 1.807) is 14.2 Å². The summed E-state index contributed by atoms with van der Waals surface area (Å²) in [6.45, 7) is 2.99. The molecule has 0 aliphatic carbocycles. The van der Waals surface area contributed by atoms with Crippen molar-refractivity contribution in [2.75, 3.05) is 27.8 Å². The lowest BCUT2D eigenvalue weighted by Crippen LogP contribution is -2.12. The van der Waals surface area contributed by atoms with Gasteiger partial charge in [-0.2, -0.15) is 0 Å². The molecule has 0 heterocycles. The average molecular weight is 288 g/mol. The quantitative estimate of drug-likeness (QED) is 0.903. The molecule has 1 aromatic carbocycles. The van der Waals surface area contributed by atoms with Gasteiger partial charge in [0, 0.05) is 10.0 Å². The number of hydrogen-bond donors (Lipinski definition) is 1. The normalized spacial score (nSPS) is 10.3. The number of nitrogens with one attached hydrogen (secondary N) is 1. The zero-order valence-corrected chi connectivity index (χ0v) is 11.8. The zero-order valence-electron chi connectivity index (χ0n) is 10.2. The fourth-order valence-corrected chi connectivity index (χ4v) is 2.13. The van der Waals surface area contributed by atoms with E-state index < -0.39 is 0 Å². The van der Waals surface area contributed by atoms with Crippen LogP contribution in [-0.2, 0) is 6.42 Å². The van der Waals surface area contributed by atoms with Crippen LogP contribution in [0.25, 0.3) is 0 Å². The van der Waals surface area contributed by atoms with Crippen molar-refractivity contribution in [3.8, 4) is 11.5 Å². The fraction of sp³-hybridized carbons (Fsp3) is 0.500. The lowest BCUT2D eigenvalue weighted by atomic mass is 10.0. The number of benzene rings is 1. The van der Waals surface area contributed by atoms with Crippen molar-refractivity contribution in [3.05, 3.63) is 21.7 Å². The number of methoxy groups -OCH3 is 2. The summed E-state index contributed by atoms with van der Waals surface area (Å²) < 4.78 is 11.8. The molecule has 1 aromatic rings. The molecule has 0 atom stereocenters. The van der Waals surface area contributed by atoms with Gasteiger partial charge in [0.25, 0.3) is 0 Å². The van der Waals surface area contributed by atoms with Crippen LogP contribution in [0, 0.1) is 6.92 Å². The van der Waals surface area contributed by atoms with E-state index in [4.69, 9.17) is 9.47 Å². The van der Waals surface area contributed by atoms with Crippen LogP contribution in [0.5, 0.6) is 11.5 Å². The van der Waals surface area contributed by atoms with Gasteiger partial charge in [0.05, 0.1) is 14.2 Å². The third kappa shape index (κ3) is 2.68. The highest BCUT2D eigenvalue weighted by Gasteiger charge is 2.15. The average Bonchev–Trinajstić information content (AvgIpc) is 2.30. The molecule has 0 fully saturated rings. The van der Waals surface area contributed by atoms with E-state index in [2.05, 4.69) is 28.2 Å². The van der Waals surface area contributed by atoms with E-state index in [1.807, 2.05) is 13.1 Å². The molecule has 0 aliphatic rings. The van der Waals surface area contributed by atoms with Gasteiger partial charge in [-0.05, 0) is 38.6 Å². The second-order valence-electron chi connectivity index (χ2n) is 3.55. The second kappa shape index (κ2) is 6.11. The first-order valence-corrected chi connectivity index (χ1v) is 5.99. The maximum Gasteiger partial charge on any atom is 0.164 e. The molecule has 1 rings (SSSR count). The Morgan fingerprint density at radius 1 is 1.31 bits per heavy atom. The lowest BCUT2D eigenvalue weighted by Gasteiger charge is -2.16. The van der Waals surface area contributed by atoms with Gasteiger partial charge in [0.15, 0.2) is 11.5 Å². The Bertz CT molecular complexity index is 367. The van der Waals surface area contributed by atoms with E-state index in [-0.39, 0.29) is 0 Å². The zero-order chi connectivity index (χ0) is 12.1. The molecule has 1 N–H and O–H groups in total. The summed E-state index contributed by atoms with van der Waals surface area (Å²) in [5, 5.41) is 3.14. The predicted molar refractivity (Wildman–Crippen MR) is 69.6 cm³/mol. The molecular formula is C12H18BrNO2. The maximum absolute atomic E-state index is 5.43. The first kappa shape index (κ1) is 13.3. The molecule has 0 aliphatic heterocycles. The predicted octanol–water partition coefficient (Wildman–Crippen LogP) is 2.54. The Balaban J connectivity index is 3.23. The van der Waals surface area contributed by atoms with Crippen molar-refractivity contribution in [2.24, 2.45) is 0 Å². The van der Waals surface area contributed by atoms with Crippen LogP contribution in [0.2, 0.25) is 0 Å². The number of rotatable bonds is 5.